The predicted octanol–water partition coefficient (Wildman–Crippen LogP) is -0.390. The van der Waals surface area contributed by atoms with E-state index in [9.17, 15) is 8.42 Å². The second-order valence-corrected chi connectivity index (χ2v) is 6.59. The number of H-pyrrole nitrogens is 1. The summed E-state index contributed by atoms with van der Waals surface area (Å²) in [6.45, 7) is 3.81. The van der Waals surface area contributed by atoms with Crippen LogP contribution in [-0.2, 0) is 10.0 Å². The molecule has 0 aliphatic carbocycles. The molecule has 0 aromatic carbocycles. The van der Waals surface area contributed by atoms with E-state index in [1.54, 1.807) is 0 Å². The first-order chi connectivity index (χ1) is 8.40. The van der Waals surface area contributed by atoms with E-state index < -0.39 is 10.0 Å². The summed E-state index contributed by atoms with van der Waals surface area (Å²) in [6, 6.07) is -0.0551. The van der Waals surface area contributed by atoms with Crippen LogP contribution in [-0.4, -0.2) is 49.7 Å². The molecule has 8 heteroatoms. The van der Waals surface area contributed by atoms with Gasteiger partial charge in [-0.2, -0.15) is 5.10 Å². The molecule has 2 atom stereocenters. The number of rotatable bonds is 3. The SMILES string of the molecule is CC1CN(C)CCC1NS(=O)(=O)c1cn[nH]c1N. The number of hydrogen-bond acceptors (Lipinski definition) is 5. The smallest absolute Gasteiger partial charge is 0.246 e. The van der Waals surface area contributed by atoms with E-state index in [0.29, 0.717) is 0 Å². The lowest BCUT2D eigenvalue weighted by Crippen LogP contribution is -2.48. The van der Waals surface area contributed by atoms with E-state index in [-0.39, 0.29) is 22.7 Å². The first-order valence-corrected chi connectivity index (χ1v) is 7.38. The molecule has 0 amide bonds. The summed E-state index contributed by atoms with van der Waals surface area (Å²) >= 11 is 0. The van der Waals surface area contributed by atoms with Gasteiger partial charge in [0.25, 0.3) is 0 Å². The molecule has 7 nitrogen and oxygen atoms in total. The van der Waals surface area contributed by atoms with Crippen molar-refractivity contribution in [3.8, 4) is 0 Å². The topological polar surface area (TPSA) is 104 Å². The minimum atomic E-state index is -3.58. The minimum absolute atomic E-state index is 0.0219. The number of sulfonamides is 1. The van der Waals surface area contributed by atoms with E-state index in [0.717, 1.165) is 19.5 Å². The summed E-state index contributed by atoms with van der Waals surface area (Å²) in [5.41, 5.74) is 5.54. The molecule has 0 bridgehead atoms. The molecule has 0 saturated carbocycles. The molecule has 2 rings (SSSR count). The van der Waals surface area contributed by atoms with Crippen molar-refractivity contribution >= 4 is 15.8 Å². The Labute approximate surface area is 107 Å². The number of nitrogens with zero attached hydrogens (tertiary/aromatic N) is 2. The summed E-state index contributed by atoms with van der Waals surface area (Å²) < 4.78 is 27.0. The van der Waals surface area contributed by atoms with Crippen molar-refractivity contribution in [1.82, 2.24) is 19.8 Å². The van der Waals surface area contributed by atoms with E-state index in [1.807, 2.05) is 14.0 Å². The van der Waals surface area contributed by atoms with Crippen LogP contribution in [0.2, 0.25) is 0 Å². The fourth-order valence-electron chi connectivity index (χ4n) is 2.29. The number of nitrogen functional groups attached to an aromatic ring is 1. The van der Waals surface area contributed by atoms with Gasteiger partial charge in [-0.1, -0.05) is 6.92 Å². The van der Waals surface area contributed by atoms with E-state index in [4.69, 9.17) is 5.73 Å². The number of aromatic nitrogens is 2. The van der Waals surface area contributed by atoms with Crippen LogP contribution in [0.15, 0.2) is 11.1 Å². The summed E-state index contributed by atoms with van der Waals surface area (Å²) in [4.78, 5) is 2.22. The number of piperidine rings is 1. The summed E-state index contributed by atoms with van der Waals surface area (Å²) in [5.74, 6) is 0.342. The zero-order chi connectivity index (χ0) is 13.3. The quantitative estimate of drug-likeness (QED) is 0.696. The van der Waals surface area contributed by atoms with Crippen molar-refractivity contribution in [1.29, 1.82) is 0 Å². The highest BCUT2D eigenvalue weighted by atomic mass is 32.2. The fourth-order valence-corrected chi connectivity index (χ4v) is 3.69. The molecule has 1 aliphatic heterocycles. The van der Waals surface area contributed by atoms with Gasteiger partial charge in [-0.05, 0) is 25.9 Å². The van der Waals surface area contributed by atoms with Gasteiger partial charge in [0.15, 0.2) is 0 Å². The van der Waals surface area contributed by atoms with E-state index in [2.05, 4.69) is 19.8 Å². The highest BCUT2D eigenvalue weighted by Gasteiger charge is 2.30. The molecule has 1 saturated heterocycles. The predicted molar refractivity (Wildman–Crippen MR) is 68.4 cm³/mol. The number of nitrogens with one attached hydrogen (secondary N) is 2. The number of anilines is 1. The Kier molecular flexibility index (Phi) is 3.60. The van der Waals surface area contributed by atoms with Crippen LogP contribution in [0.1, 0.15) is 13.3 Å². The minimum Gasteiger partial charge on any atom is -0.383 e. The molecule has 1 fully saturated rings. The summed E-state index contributed by atoms with van der Waals surface area (Å²) in [5, 5.41) is 6.07. The number of aromatic amines is 1. The average molecular weight is 273 g/mol. The van der Waals surface area contributed by atoms with Gasteiger partial charge in [0.05, 0.1) is 6.20 Å². The van der Waals surface area contributed by atoms with Gasteiger partial charge in [-0.3, -0.25) is 5.10 Å². The molecule has 102 valence electrons. The fraction of sp³-hybridized carbons (Fsp3) is 0.700. The first-order valence-electron chi connectivity index (χ1n) is 5.90. The van der Waals surface area contributed by atoms with Crippen molar-refractivity contribution in [3.63, 3.8) is 0 Å². The zero-order valence-corrected chi connectivity index (χ0v) is 11.4. The molecule has 1 aromatic heterocycles. The van der Waals surface area contributed by atoms with Crippen molar-refractivity contribution in [3.05, 3.63) is 6.20 Å². The van der Waals surface area contributed by atoms with E-state index >= 15 is 0 Å². The molecular formula is C10H19N5O2S. The van der Waals surface area contributed by atoms with Gasteiger partial charge < -0.3 is 10.6 Å². The molecule has 4 N–H and O–H groups in total. The molecule has 1 aliphatic rings. The van der Waals surface area contributed by atoms with Crippen molar-refractivity contribution in [2.75, 3.05) is 25.9 Å². The lowest BCUT2D eigenvalue weighted by Gasteiger charge is -2.34. The van der Waals surface area contributed by atoms with E-state index in [1.165, 1.54) is 6.20 Å². The average Bonchev–Trinajstić information content (AvgIpc) is 2.69. The Balaban J connectivity index is 2.12. The van der Waals surface area contributed by atoms with Crippen LogP contribution in [0.3, 0.4) is 0 Å². The second kappa shape index (κ2) is 4.87. The Hall–Kier alpha value is -1.12. The van der Waals surface area contributed by atoms with Gasteiger partial charge >= 0.3 is 0 Å². The standard InChI is InChI=1S/C10H19N5O2S/c1-7-6-15(2)4-3-8(7)14-18(16,17)9-5-12-13-10(9)11/h5,7-8,14H,3-4,6H2,1-2H3,(H3,11,12,13). The van der Waals surface area contributed by atoms with Crippen LogP contribution in [0, 0.1) is 5.92 Å². The Morgan fingerprint density at radius 3 is 2.89 bits per heavy atom. The number of likely N-dealkylation sites (tertiary alicyclic amines) is 1. The van der Waals surface area contributed by atoms with Gasteiger partial charge in [0, 0.05) is 12.6 Å². The first kappa shape index (κ1) is 13.3. The van der Waals surface area contributed by atoms with Crippen LogP contribution in [0.5, 0.6) is 0 Å². The maximum Gasteiger partial charge on any atom is 0.246 e. The Morgan fingerprint density at radius 1 is 1.61 bits per heavy atom. The summed E-state index contributed by atoms with van der Waals surface area (Å²) in [7, 11) is -1.55. The Morgan fingerprint density at radius 2 is 2.33 bits per heavy atom. The second-order valence-electron chi connectivity index (χ2n) is 4.90. The molecule has 0 spiro atoms. The van der Waals surface area contributed by atoms with Crippen molar-refractivity contribution in [2.24, 2.45) is 5.92 Å². The zero-order valence-electron chi connectivity index (χ0n) is 10.5. The third-order valence-electron chi connectivity index (χ3n) is 3.34. The van der Waals surface area contributed by atoms with Gasteiger partial charge in [-0.25, -0.2) is 13.1 Å². The van der Waals surface area contributed by atoms with Crippen molar-refractivity contribution < 1.29 is 8.42 Å². The van der Waals surface area contributed by atoms with Gasteiger partial charge in [0.2, 0.25) is 10.0 Å². The molecule has 18 heavy (non-hydrogen) atoms. The Bertz CT molecular complexity index is 512. The molecule has 2 unspecified atom stereocenters. The largest absolute Gasteiger partial charge is 0.383 e. The van der Waals surface area contributed by atoms with Crippen LogP contribution < -0.4 is 10.5 Å². The van der Waals surface area contributed by atoms with Gasteiger partial charge in [-0.15, -0.1) is 0 Å². The number of hydrogen-bond donors (Lipinski definition) is 3. The highest BCUT2D eigenvalue weighted by Crippen LogP contribution is 2.20. The van der Waals surface area contributed by atoms with Crippen molar-refractivity contribution in [2.45, 2.75) is 24.3 Å². The maximum absolute atomic E-state index is 12.1. The lowest BCUT2D eigenvalue weighted by molar-refractivity contribution is 0.188. The third-order valence-corrected chi connectivity index (χ3v) is 4.85. The van der Waals surface area contributed by atoms with Crippen LogP contribution in [0.25, 0.3) is 0 Å². The molecule has 0 radical (unpaired) electrons. The monoisotopic (exact) mass is 273 g/mol. The van der Waals surface area contributed by atoms with Gasteiger partial charge in [0.1, 0.15) is 10.7 Å². The lowest BCUT2D eigenvalue weighted by atomic mass is 9.95. The number of nitrogens with two attached hydrogens (primary N) is 1. The van der Waals surface area contributed by atoms with Crippen LogP contribution >= 0.6 is 0 Å². The third kappa shape index (κ3) is 2.65. The maximum atomic E-state index is 12.1. The molecule has 1 aromatic rings. The highest BCUT2D eigenvalue weighted by molar-refractivity contribution is 7.89. The molecule has 2 heterocycles. The van der Waals surface area contributed by atoms with Crippen LogP contribution in [0.4, 0.5) is 5.82 Å². The summed E-state index contributed by atoms with van der Waals surface area (Å²) in [6.07, 6.45) is 2.03. The normalized spacial score (nSPS) is 26.3. The molecular weight excluding hydrogens is 254 g/mol.